The van der Waals surface area contributed by atoms with Crippen LogP contribution in [-0.4, -0.2) is 77.1 Å². The van der Waals surface area contributed by atoms with Crippen LogP contribution in [0.1, 0.15) is 6.42 Å². The average molecular weight is 500 g/mol. The largest absolute Gasteiger partial charge is 0.508 e. The number of carbonyl (C=O) groups is 3. The summed E-state index contributed by atoms with van der Waals surface area (Å²) in [4.78, 5) is 67.5. The molecule has 4 heterocycles. The van der Waals surface area contributed by atoms with E-state index in [0.29, 0.717) is 17.7 Å². The van der Waals surface area contributed by atoms with Crippen molar-refractivity contribution in [1.82, 2.24) is 24.6 Å². The number of aryl methyl sites for hydroxylation is 1. The van der Waals surface area contributed by atoms with Crippen LogP contribution in [0.25, 0.3) is 0 Å². The van der Waals surface area contributed by atoms with E-state index in [4.69, 9.17) is 0 Å². The van der Waals surface area contributed by atoms with Crippen molar-refractivity contribution in [3.63, 3.8) is 0 Å². The monoisotopic (exact) mass is 500 g/mol. The zero-order valence-corrected chi connectivity index (χ0v) is 19.1. The smallest absolute Gasteiger partial charge is 0.352 e. The van der Waals surface area contributed by atoms with Crippen molar-refractivity contribution in [1.29, 1.82) is 0 Å². The number of aromatic nitrogens is 3. The molecule has 2 saturated heterocycles. The Morgan fingerprint density at radius 3 is 2.63 bits per heavy atom. The highest BCUT2D eigenvalue weighted by atomic mass is 32.2. The second-order valence-corrected chi connectivity index (χ2v) is 9.32. The number of piperidine rings is 1. The van der Waals surface area contributed by atoms with E-state index >= 15 is 0 Å². The fourth-order valence-electron chi connectivity index (χ4n) is 4.89. The van der Waals surface area contributed by atoms with Gasteiger partial charge in [0, 0.05) is 31.0 Å². The molecule has 2 fully saturated rings. The molecule has 3 aliphatic rings. The summed E-state index contributed by atoms with van der Waals surface area (Å²) < 4.78 is 1.28. The van der Waals surface area contributed by atoms with Crippen molar-refractivity contribution >= 4 is 35.4 Å². The van der Waals surface area contributed by atoms with Crippen LogP contribution in [0, 0.1) is 5.92 Å². The summed E-state index contributed by atoms with van der Waals surface area (Å²) in [5, 5.41) is 24.5. The maximum Gasteiger partial charge on any atom is 0.352 e. The lowest BCUT2D eigenvalue weighted by Gasteiger charge is -2.53. The first-order chi connectivity index (χ1) is 16.7. The summed E-state index contributed by atoms with van der Waals surface area (Å²) in [6.45, 7) is 0.242. The minimum absolute atomic E-state index is 0.0504. The van der Waals surface area contributed by atoms with Gasteiger partial charge in [-0.25, -0.2) is 9.59 Å². The van der Waals surface area contributed by atoms with E-state index in [2.05, 4.69) is 15.4 Å². The van der Waals surface area contributed by atoms with Crippen LogP contribution in [0.2, 0.25) is 0 Å². The number of H-pyrrole nitrogens is 1. The van der Waals surface area contributed by atoms with Crippen LogP contribution in [0.5, 0.6) is 5.75 Å². The van der Waals surface area contributed by atoms with Gasteiger partial charge in [-0.2, -0.15) is 4.98 Å². The summed E-state index contributed by atoms with van der Waals surface area (Å²) >= 11 is 1.09. The lowest BCUT2D eigenvalue weighted by atomic mass is 9.78. The highest BCUT2D eigenvalue weighted by Gasteiger charge is 2.64. The number of carboxylic acid groups (broad SMARTS) is 1. The summed E-state index contributed by atoms with van der Waals surface area (Å²) in [5.41, 5.74) is -0.938. The molecule has 0 saturated carbocycles. The third kappa shape index (κ3) is 3.65. The van der Waals surface area contributed by atoms with Crippen molar-refractivity contribution in [2.75, 3.05) is 17.6 Å². The fourth-order valence-corrected chi connectivity index (χ4v) is 5.91. The number of phenols is 1. The molecule has 3 amide bonds. The van der Waals surface area contributed by atoms with Gasteiger partial charge >= 0.3 is 23.1 Å². The van der Waals surface area contributed by atoms with Gasteiger partial charge in [0.25, 0.3) is 5.91 Å². The molecular formula is C21H20N6O7S. The highest BCUT2D eigenvalue weighted by molar-refractivity contribution is 7.99. The Morgan fingerprint density at radius 2 is 1.94 bits per heavy atom. The molecule has 13 nitrogen and oxygen atoms in total. The molecule has 2 aromatic rings. The first kappa shape index (κ1) is 22.7. The van der Waals surface area contributed by atoms with Gasteiger partial charge in [-0.1, -0.05) is 11.8 Å². The van der Waals surface area contributed by atoms with Gasteiger partial charge in [0.2, 0.25) is 0 Å². The molecule has 35 heavy (non-hydrogen) atoms. The highest BCUT2D eigenvalue weighted by Crippen LogP contribution is 2.50. The Bertz CT molecular complexity index is 1400. The molecule has 0 bridgehead atoms. The van der Waals surface area contributed by atoms with Gasteiger partial charge in [0.15, 0.2) is 5.16 Å². The minimum atomic E-state index is -1.25. The number of aromatic amines is 1. The van der Waals surface area contributed by atoms with Gasteiger partial charge in [0.1, 0.15) is 17.5 Å². The Balaban J connectivity index is 1.37. The van der Waals surface area contributed by atoms with Crippen LogP contribution in [-0.2, 0) is 16.6 Å². The number of benzene rings is 1. The Hall–Kier alpha value is -4.07. The number of nitrogens with one attached hydrogen (secondary N) is 2. The maximum atomic E-state index is 13.0. The standard InChI is InChI=1S/C21H20N6O7S/c1-25-21(23-16(29)17(30)24-25)35-8-12-11-6-7-26(20(34)22-9-2-4-10(28)5-3-9)15-13(11)27(18(15)31)14(12)19(32)33/h2-5,11,13,15,28H,6-8H2,1H3,(H,22,34)(H,24,30)(H,32,33)/t11?,13-,15+/m1/s1. The SMILES string of the molecule is Cn1[nH]c(=O)c(=O)nc1SCC1=C(C(=O)O)N2C(=O)[C@@H]3[C@H]2C1CCN3C(=O)Nc1ccc(O)cc1. The van der Waals surface area contributed by atoms with E-state index in [1.807, 2.05) is 0 Å². The zero-order valence-electron chi connectivity index (χ0n) is 18.3. The number of amides is 3. The second kappa shape index (κ2) is 8.30. The van der Waals surface area contributed by atoms with Gasteiger partial charge in [0.05, 0.1) is 6.04 Å². The van der Waals surface area contributed by atoms with Crippen LogP contribution < -0.4 is 16.4 Å². The number of phenolic OH excluding ortho intramolecular Hbond substituents is 1. The third-order valence-electron chi connectivity index (χ3n) is 6.42. The summed E-state index contributed by atoms with van der Waals surface area (Å²) in [7, 11) is 1.51. The number of rotatable bonds is 5. The normalized spacial score (nSPS) is 22.7. The lowest BCUT2D eigenvalue weighted by molar-refractivity contribution is -0.160. The van der Waals surface area contributed by atoms with Crippen molar-refractivity contribution in [3.8, 4) is 5.75 Å². The number of carbonyl (C=O) groups excluding carboxylic acids is 2. The van der Waals surface area contributed by atoms with E-state index in [9.17, 15) is 34.2 Å². The van der Waals surface area contributed by atoms with Crippen LogP contribution in [0.3, 0.4) is 0 Å². The number of likely N-dealkylation sites (tertiary alicyclic amines) is 1. The number of hydrogen-bond acceptors (Lipinski definition) is 8. The Labute approximate surface area is 201 Å². The molecule has 182 valence electrons. The van der Waals surface area contributed by atoms with Crippen LogP contribution in [0.4, 0.5) is 10.5 Å². The molecule has 5 rings (SSSR count). The van der Waals surface area contributed by atoms with Gasteiger partial charge in [-0.15, -0.1) is 0 Å². The van der Waals surface area contributed by atoms with E-state index in [0.717, 1.165) is 11.8 Å². The topological polar surface area (TPSA) is 178 Å². The summed E-state index contributed by atoms with van der Waals surface area (Å²) in [6.07, 6.45) is 0.443. The first-order valence-corrected chi connectivity index (χ1v) is 11.6. The number of carboxylic acids is 1. The molecule has 1 aromatic heterocycles. The van der Waals surface area contributed by atoms with E-state index in [-0.39, 0.29) is 34.8 Å². The Kier molecular flexibility index (Phi) is 5.39. The van der Waals surface area contributed by atoms with Crippen molar-refractivity contribution in [2.45, 2.75) is 23.7 Å². The summed E-state index contributed by atoms with van der Waals surface area (Å²) in [5.74, 6) is -1.79. The quantitative estimate of drug-likeness (QED) is 0.186. The molecule has 3 aliphatic heterocycles. The van der Waals surface area contributed by atoms with Crippen LogP contribution in [0.15, 0.2) is 50.3 Å². The van der Waals surface area contributed by atoms with Crippen molar-refractivity contribution < 1.29 is 24.6 Å². The number of thioether (sulfide) groups is 1. The predicted octanol–water partition coefficient (Wildman–Crippen LogP) is -0.248. The number of β-lactam (4-membered cyclic amide) rings is 1. The number of aliphatic carboxylic acids is 1. The second-order valence-electron chi connectivity index (χ2n) is 8.38. The predicted molar refractivity (Wildman–Crippen MR) is 122 cm³/mol. The molecule has 0 spiro atoms. The molecule has 4 N–H and O–H groups in total. The molecule has 0 radical (unpaired) electrons. The number of anilines is 1. The lowest BCUT2D eigenvalue weighted by Crippen LogP contribution is -2.74. The average Bonchev–Trinajstić information content (AvgIpc) is 3.14. The number of urea groups is 1. The molecule has 1 aromatic carbocycles. The number of hydrogen-bond donors (Lipinski definition) is 4. The van der Waals surface area contributed by atoms with Crippen molar-refractivity contribution in [3.05, 3.63) is 56.2 Å². The molecule has 14 heteroatoms. The Morgan fingerprint density at radius 1 is 1.23 bits per heavy atom. The van der Waals surface area contributed by atoms with Crippen molar-refractivity contribution in [2.24, 2.45) is 13.0 Å². The van der Waals surface area contributed by atoms with Gasteiger partial charge in [-0.3, -0.25) is 29.1 Å². The molecule has 1 unspecified atom stereocenters. The molecule has 0 aliphatic carbocycles. The van der Waals surface area contributed by atoms with Gasteiger partial charge < -0.3 is 20.4 Å². The maximum absolute atomic E-state index is 13.0. The fraction of sp³-hybridized carbons (Fsp3) is 0.333. The molecular weight excluding hydrogens is 480 g/mol. The zero-order chi connectivity index (χ0) is 25.0. The van der Waals surface area contributed by atoms with E-state index < -0.39 is 41.1 Å². The molecule has 3 atom stereocenters. The van der Waals surface area contributed by atoms with E-state index in [1.165, 1.54) is 45.8 Å². The van der Waals surface area contributed by atoms with Gasteiger partial charge in [-0.05, 0) is 36.3 Å². The van der Waals surface area contributed by atoms with Crippen LogP contribution >= 0.6 is 11.8 Å². The number of nitrogens with zero attached hydrogens (tertiary/aromatic N) is 4. The first-order valence-electron chi connectivity index (χ1n) is 10.6. The van der Waals surface area contributed by atoms with E-state index in [1.54, 1.807) is 0 Å². The minimum Gasteiger partial charge on any atom is -0.508 e. The third-order valence-corrected chi connectivity index (χ3v) is 7.50. The number of aromatic hydroxyl groups is 1. The summed E-state index contributed by atoms with van der Waals surface area (Å²) in [6, 6.07) is 4.14.